The third-order valence-corrected chi connectivity index (χ3v) is 5.58. The number of carbonyl (C=O) groups excluding carboxylic acids is 1. The van der Waals surface area contributed by atoms with E-state index < -0.39 is 6.10 Å². The molecule has 1 aliphatic rings. The number of hydrogen-bond acceptors (Lipinski definition) is 4. The smallest absolute Gasteiger partial charge is 0.255 e. The highest BCUT2D eigenvalue weighted by Crippen LogP contribution is 2.37. The normalized spacial score (nSPS) is 20.9. The third kappa shape index (κ3) is 3.80. The SMILES string of the molecule is COc1ccc(C(=O)N2CC([C@@H](C)O)[C@H](c3ccc(Cl)c(Cl)c3)C2)cn1. The van der Waals surface area contributed by atoms with Crippen molar-refractivity contribution in [3.05, 3.63) is 57.7 Å². The molecule has 1 saturated heterocycles. The summed E-state index contributed by atoms with van der Waals surface area (Å²) in [7, 11) is 1.53. The summed E-state index contributed by atoms with van der Waals surface area (Å²) in [5.41, 5.74) is 1.46. The fourth-order valence-corrected chi connectivity index (χ4v) is 3.70. The first-order valence-electron chi connectivity index (χ1n) is 8.33. The van der Waals surface area contributed by atoms with Crippen LogP contribution >= 0.6 is 23.2 Å². The van der Waals surface area contributed by atoms with E-state index in [1.165, 1.54) is 13.3 Å². The topological polar surface area (TPSA) is 62.7 Å². The van der Waals surface area contributed by atoms with Gasteiger partial charge in [-0.25, -0.2) is 4.98 Å². The second kappa shape index (κ2) is 7.82. The predicted molar refractivity (Wildman–Crippen MR) is 101 cm³/mol. The first-order valence-corrected chi connectivity index (χ1v) is 9.08. The molecule has 0 aliphatic carbocycles. The van der Waals surface area contributed by atoms with Gasteiger partial charge in [-0.05, 0) is 30.7 Å². The summed E-state index contributed by atoms with van der Waals surface area (Å²) in [5.74, 6) is 0.245. The second-order valence-electron chi connectivity index (χ2n) is 6.48. The van der Waals surface area contributed by atoms with E-state index in [2.05, 4.69) is 4.98 Å². The lowest BCUT2D eigenvalue weighted by molar-refractivity contribution is 0.0761. The Bertz CT molecular complexity index is 796. The van der Waals surface area contributed by atoms with E-state index in [9.17, 15) is 9.90 Å². The summed E-state index contributed by atoms with van der Waals surface area (Å²) in [6, 6.07) is 8.81. The van der Waals surface area contributed by atoms with Crippen LogP contribution in [0.25, 0.3) is 0 Å². The second-order valence-corrected chi connectivity index (χ2v) is 7.30. The molecule has 0 bridgehead atoms. The Hall–Kier alpha value is -1.82. The molecule has 0 radical (unpaired) electrons. The summed E-state index contributed by atoms with van der Waals surface area (Å²) in [6.07, 6.45) is 0.951. The van der Waals surface area contributed by atoms with E-state index in [0.29, 0.717) is 34.6 Å². The number of hydrogen-bond donors (Lipinski definition) is 1. The molecule has 1 amide bonds. The molecule has 2 heterocycles. The largest absolute Gasteiger partial charge is 0.481 e. The van der Waals surface area contributed by atoms with Crippen LogP contribution in [0.2, 0.25) is 10.0 Å². The number of carbonyl (C=O) groups is 1. The lowest BCUT2D eigenvalue weighted by Gasteiger charge is -2.21. The third-order valence-electron chi connectivity index (χ3n) is 4.84. The van der Waals surface area contributed by atoms with Crippen molar-refractivity contribution in [3.8, 4) is 5.88 Å². The molecule has 1 unspecified atom stereocenters. The number of aliphatic hydroxyl groups excluding tert-OH is 1. The van der Waals surface area contributed by atoms with Crippen LogP contribution in [0, 0.1) is 5.92 Å². The number of methoxy groups -OCH3 is 1. The Morgan fingerprint density at radius 2 is 2.04 bits per heavy atom. The lowest BCUT2D eigenvalue weighted by Crippen LogP contribution is -2.30. The van der Waals surface area contributed by atoms with Crippen molar-refractivity contribution in [1.29, 1.82) is 0 Å². The van der Waals surface area contributed by atoms with Crippen LogP contribution < -0.4 is 4.74 Å². The van der Waals surface area contributed by atoms with Crippen LogP contribution in [-0.4, -0.2) is 47.2 Å². The maximum atomic E-state index is 12.8. The summed E-state index contributed by atoms with van der Waals surface area (Å²) in [6.45, 7) is 2.71. The van der Waals surface area contributed by atoms with Crippen LogP contribution in [0.3, 0.4) is 0 Å². The highest BCUT2D eigenvalue weighted by Gasteiger charge is 2.39. The van der Waals surface area contributed by atoms with E-state index >= 15 is 0 Å². The number of rotatable bonds is 4. The summed E-state index contributed by atoms with van der Waals surface area (Å²) in [5, 5.41) is 11.2. The predicted octanol–water partition coefficient (Wildman–Crippen LogP) is 3.63. The van der Waals surface area contributed by atoms with Gasteiger partial charge < -0.3 is 14.7 Å². The first kappa shape index (κ1) is 19.0. The monoisotopic (exact) mass is 394 g/mol. The number of benzene rings is 1. The van der Waals surface area contributed by atoms with Gasteiger partial charge in [-0.15, -0.1) is 0 Å². The van der Waals surface area contributed by atoms with Gasteiger partial charge in [0.25, 0.3) is 5.91 Å². The number of aliphatic hydroxyl groups is 1. The zero-order valence-corrected chi connectivity index (χ0v) is 16.0. The Balaban J connectivity index is 1.84. The summed E-state index contributed by atoms with van der Waals surface area (Å²) >= 11 is 12.2. The van der Waals surface area contributed by atoms with Gasteiger partial charge in [0.15, 0.2) is 0 Å². The van der Waals surface area contributed by atoms with Crippen molar-refractivity contribution in [2.24, 2.45) is 5.92 Å². The molecule has 1 N–H and O–H groups in total. The van der Waals surface area contributed by atoms with Crippen molar-refractivity contribution < 1.29 is 14.6 Å². The molecule has 138 valence electrons. The average Bonchev–Trinajstić information content (AvgIpc) is 3.09. The molecule has 0 spiro atoms. The number of pyridine rings is 1. The molecular formula is C19H20Cl2N2O3. The Kier molecular flexibility index (Phi) is 5.70. The minimum atomic E-state index is -0.554. The van der Waals surface area contributed by atoms with Crippen molar-refractivity contribution in [1.82, 2.24) is 9.88 Å². The maximum Gasteiger partial charge on any atom is 0.255 e. The van der Waals surface area contributed by atoms with Gasteiger partial charge in [-0.2, -0.15) is 0 Å². The van der Waals surface area contributed by atoms with Gasteiger partial charge in [0.2, 0.25) is 5.88 Å². The van der Waals surface area contributed by atoms with Crippen molar-refractivity contribution >= 4 is 29.1 Å². The molecule has 1 fully saturated rings. The van der Waals surface area contributed by atoms with Gasteiger partial charge in [-0.1, -0.05) is 29.3 Å². The van der Waals surface area contributed by atoms with E-state index in [-0.39, 0.29) is 17.7 Å². The molecule has 26 heavy (non-hydrogen) atoms. The molecule has 7 heteroatoms. The molecular weight excluding hydrogens is 375 g/mol. The average molecular weight is 395 g/mol. The quantitative estimate of drug-likeness (QED) is 0.859. The molecule has 0 saturated carbocycles. The molecule has 1 aromatic carbocycles. The number of amides is 1. The molecule has 3 atom stereocenters. The number of halogens is 2. The van der Waals surface area contributed by atoms with Crippen LogP contribution in [0.4, 0.5) is 0 Å². The fraction of sp³-hybridized carbons (Fsp3) is 0.368. The van der Waals surface area contributed by atoms with Crippen LogP contribution in [-0.2, 0) is 0 Å². The number of aromatic nitrogens is 1. The molecule has 5 nitrogen and oxygen atoms in total. The Morgan fingerprint density at radius 1 is 1.27 bits per heavy atom. The Labute approximate surface area is 162 Å². The zero-order chi connectivity index (χ0) is 18.8. The van der Waals surface area contributed by atoms with Gasteiger partial charge in [0, 0.05) is 37.2 Å². The zero-order valence-electron chi connectivity index (χ0n) is 14.5. The highest BCUT2D eigenvalue weighted by atomic mass is 35.5. The minimum Gasteiger partial charge on any atom is -0.481 e. The molecule has 2 aromatic rings. The number of ether oxygens (including phenoxy) is 1. The van der Waals surface area contributed by atoms with Gasteiger partial charge in [0.1, 0.15) is 0 Å². The van der Waals surface area contributed by atoms with Gasteiger partial charge in [-0.3, -0.25) is 4.79 Å². The van der Waals surface area contributed by atoms with Gasteiger partial charge >= 0.3 is 0 Å². The van der Waals surface area contributed by atoms with E-state index in [1.807, 2.05) is 12.1 Å². The van der Waals surface area contributed by atoms with Crippen molar-refractivity contribution in [2.75, 3.05) is 20.2 Å². The molecule has 1 aromatic heterocycles. The number of nitrogens with zero attached hydrogens (tertiary/aromatic N) is 2. The maximum absolute atomic E-state index is 12.8. The number of likely N-dealkylation sites (tertiary alicyclic amines) is 1. The van der Waals surface area contributed by atoms with Crippen molar-refractivity contribution in [2.45, 2.75) is 18.9 Å². The van der Waals surface area contributed by atoms with Gasteiger partial charge in [0.05, 0.1) is 28.8 Å². The lowest BCUT2D eigenvalue weighted by atomic mass is 9.86. The first-order chi connectivity index (χ1) is 12.4. The summed E-state index contributed by atoms with van der Waals surface area (Å²) < 4.78 is 5.03. The standard InChI is InChI=1S/C19H20Cl2N2O3/c1-11(24)14-9-23(19(25)13-4-6-18(26-2)22-8-13)10-15(14)12-3-5-16(20)17(21)7-12/h3-8,11,14-15,24H,9-10H2,1-2H3/t11-,14?,15+/m1/s1. The fourth-order valence-electron chi connectivity index (χ4n) is 3.39. The van der Waals surface area contributed by atoms with Crippen molar-refractivity contribution in [3.63, 3.8) is 0 Å². The highest BCUT2D eigenvalue weighted by molar-refractivity contribution is 6.42. The van der Waals surface area contributed by atoms with Crippen LogP contribution in [0.1, 0.15) is 28.8 Å². The van der Waals surface area contributed by atoms with Crippen LogP contribution in [0.15, 0.2) is 36.5 Å². The van der Waals surface area contributed by atoms with E-state index in [0.717, 1.165) is 5.56 Å². The molecule has 1 aliphatic heterocycles. The minimum absolute atomic E-state index is 0.0140. The van der Waals surface area contributed by atoms with Crippen LogP contribution in [0.5, 0.6) is 5.88 Å². The summed E-state index contributed by atoms with van der Waals surface area (Å²) in [4.78, 5) is 18.7. The molecule has 3 rings (SSSR count). The Morgan fingerprint density at radius 3 is 2.62 bits per heavy atom. The van der Waals surface area contributed by atoms with E-state index in [1.54, 1.807) is 30.0 Å². The van der Waals surface area contributed by atoms with E-state index in [4.69, 9.17) is 27.9 Å².